The molecule has 1 aromatic rings. The zero-order valence-electron chi connectivity index (χ0n) is 17.5. The Bertz CT molecular complexity index is 847. The lowest BCUT2D eigenvalue weighted by Crippen LogP contribution is -2.16. The lowest BCUT2D eigenvalue weighted by Gasteiger charge is -2.18. The number of hydrogen-bond acceptors (Lipinski definition) is 3. The first-order valence-electron chi connectivity index (χ1n) is 10.5. The van der Waals surface area contributed by atoms with Crippen LogP contribution in [0.15, 0.2) is 41.5 Å². The molecule has 162 valence electrons. The Morgan fingerprint density at radius 1 is 1.27 bits per heavy atom. The molecule has 0 fully saturated rings. The van der Waals surface area contributed by atoms with Crippen LogP contribution in [0.2, 0.25) is 0 Å². The van der Waals surface area contributed by atoms with Crippen molar-refractivity contribution in [1.82, 2.24) is 0 Å². The highest BCUT2D eigenvalue weighted by Gasteiger charge is 2.30. The van der Waals surface area contributed by atoms with Gasteiger partial charge in [-0.15, -0.1) is 0 Å². The summed E-state index contributed by atoms with van der Waals surface area (Å²) in [6.45, 7) is 4.43. The van der Waals surface area contributed by atoms with Crippen LogP contribution < -0.4 is 0 Å². The number of rotatable bonds is 8. The van der Waals surface area contributed by atoms with E-state index in [1.807, 2.05) is 13.0 Å². The molecule has 0 N–H and O–H groups in total. The predicted octanol–water partition coefficient (Wildman–Crippen LogP) is 6.85. The van der Waals surface area contributed by atoms with Gasteiger partial charge in [0.25, 0.3) is 0 Å². The van der Waals surface area contributed by atoms with Gasteiger partial charge < -0.3 is 4.74 Å². The maximum atomic E-state index is 13.0. The fourth-order valence-electron chi connectivity index (χ4n) is 3.56. The van der Waals surface area contributed by atoms with E-state index in [4.69, 9.17) is 4.74 Å². The van der Waals surface area contributed by atoms with Crippen molar-refractivity contribution in [3.8, 4) is 6.07 Å². The number of halogens is 3. The Morgan fingerprint density at radius 2 is 2.03 bits per heavy atom. The van der Waals surface area contributed by atoms with Gasteiger partial charge in [-0.2, -0.15) is 18.4 Å². The lowest BCUT2D eigenvalue weighted by atomic mass is 9.88. The van der Waals surface area contributed by atoms with E-state index in [0.29, 0.717) is 36.0 Å². The average molecular weight is 419 g/mol. The van der Waals surface area contributed by atoms with Gasteiger partial charge in [0, 0.05) is 0 Å². The third-order valence-corrected chi connectivity index (χ3v) is 5.43. The van der Waals surface area contributed by atoms with Gasteiger partial charge in [-0.25, -0.2) is 4.79 Å². The average Bonchev–Trinajstić information content (AvgIpc) is 2.74. The second kappa shape index (κ2) is 11.0. The molecule has 2 rings (SSSR count). The number of allylic oxidation sites excluding steroid dienone is 3. The zero-order chi connectivity index (χ0) is 22.1. The summed E-state index contributed by atoms with van der Waals surface area (Å²) in [6, 6.07) is 7.08. The molecule has 0 heterocycles. The number of nitrogens with zero attached hydrogens (tertiary/aromatic N) is 1. The van der Waals surface area contributed by atoms with E-state index in [-0.39, 0.29) is 18.1 Å². The summed E-state index contributed by atoms with van der Waals surface area (Å²) in [4.78, 5) is 12.5. The summed E-state index contributed by atoms with van der Waals surface area (Å²) >= 11 is 0. The van der Waals surface area contributed by atoms with E-state index < -0.39 is 17.7 Å². The van der Waals surface area contributed by atoms with Crippen molar-refractivity contribution in [1.29, 1.82) is 5.26 Å². The van der Waals surface area contributed by atoms with E-state index in [9.17, 15) is 23.2 Å². The molecule has 1 unspecified atom stereocenters. The number of esters is 1. The highest BCUT2D eigenvalue weighted by atomic mass is 19.4. The fourth-order valence-corrected chi connectivity index (χ4v) is 3.56. The van der Waals surface area contributed by atoms with Gasteiger partial charge in [0.1, 0.15) is 11.6 Å². The second-order valence-corrected chi connectivity index (χ2v) is 7.63. The molecule has 0 aliphatic heterocycles. The van der Waals surface area contributed by atoms with Gasteiger partial charge in [-0.3, -0.25) is 0 Å². The summed E-state index contributed by atoms with van der Waals surface area (Å²) < 4.78 is 44.5. The Balaban J connectivity index is 2.22. The smallest absolute Gasteiger partial charge is 0.416 e. The number of carbonyl (C=O) groups excluding carboxylic acids is 1. The standard InChI is InChI=1S/C24H28F3NO2/c1-3-5-8-17(4-2)16-30-23(29)22(15-28)20-11-6-9-18(13-20)19-10-7-12-21(14-19)24(25,26)27/h7,10,12-14,17H,3-6,8-9,11,16H2,1-2H3/b22-20+. The van der Waals surface area contributed by atoms with Crippen LogP contribution in [0.3, 0.4) is 0 Å². The first-order chi connectivity index (χ1) is 14.3. The summed E-state index contributed by atoms with van der Waals surface area (Å²) in [7, 11) is 0. The van der Waals surface area contributed by atoms with E-state index in [2.05, 4.69) is 6.92 Å². The molecule has 1 aliphatic carbocycles. The molecule has 0 bridgehead atoms. The topological polar surface area (TPSA) is 50.1 Å². The summed E-state index contributed by atoms with van der Waals surface area (Å²) in [6.07, 6.45) is 3.02. The molecule has 1 aromatic carbocycles. The monoisotopic (exact) mass is 419 g/mol. The van der Waals surface area contributed by atoms with Crippen molar-refractivity contribution in [2.24, 2.45) is 5.92 Å². The van der Waals surface area contributed by atoms with Gasteiger partial charge in [0.05, 0.1) is 12.2 Å². The Hall–Kier alpha value is -2.55. The van der Waals surface area contributed by atoms with Gasteiger partial charge in [-0.05, 0) is 60.4 Å². The quantitative estimate of drug-likeness (QED) is 0.263. The molecule has 0 amide bonds. The van der Waals surface area contributed by atoms with E-state index in [0.717, 1.165) is 37.8 Å². The van der Waals surface area contributed by atoms with Crippen LogP contribution in [0, 0.1) is 17.2 Å². The van der Waals surface area contributed by atoms with Crippen LogP contribution in [-0.2, 0) is 15.7 Å². The molecule has 1 aliphatic rings. The maximum Gasteiger partial charge on any atom is 0.416 e. The van der Waals surface area contributed by atoms with Crippen LogP contribution in [0.1, 0.15) is 69.9 Å². The van der Waals surface area contributed by atoms with Crippen LogP contribution >= 0.6 is 0 Å². The second-order valence-electron chi connectivity index (χ2n) is 7.63. The van der Waals surface area contributed by atoms with Gasteiger partial charge in [0.2, 0.25) is 0 Å². The summed E-state index contributed by atoms with van der Waals surface area (Å²) in [5.74, 6) is -0.384. The first-order valence-corrected chi connectivity index (χ1v) is 10.5. The molecule has 3 nitrogen and oxygen atoms in total. The predicted molar refractivity (Wildman–Crippen MR) is 110 cm³/mol. The van der Waals surface area contributed by atoms with Crippen molar-refractivity contribution < 1.29 is 22.7 Å². The van der Waals surface area contributed by atoms with Crippen molar-refractivity contribution >= 4 is 11.5 Å². The molecule has 0 saturated heterocycles. The Morgan fingerprint density at radius 3 is 2.67 bits per heavy atom. The molecule has 6 heteroatoms. The number of hydrogen-bond donors (Lipinski definition) is 0. The molecule has 0 spiro atoms. The Kier molecular flexibility index (Phi) is 8.71. The number of benzene rings is 1. The molecular formula is C24H28F3NO2. The molecule has 1 atom stereocenters. The molecule has 0 aromatic heterocycles. The highest BCUT2D eigenvalue weighted by Crippen LogP contribution is 2.35. The molecule has 30 heavy (non-hydrogen) atoms. The lowest BCUT2D eigenvalue weighted by molar-refractivity contribution is -0.140. The van der Waals surface area contributed by atoms with Gasteiger partial charge in [0.15, 0.2) is 0 Å². The van der Waals surface area contributed by atoms with Gasteiger partial charge in [-0.1, -0.05) is 51.3 Å². The van der Waals surface area contributed by atoms with E-state index in [1.165, 1.54) is 6.07 Å². The van der Waals surface area contributed by atoms with Crippen molar-refractivity contribution in [2.75, 3.05) is 6.61 Å². The minimum atomic E-state index is -4.42. The number of ether oxygens (including phenoxy) is 1. The van der Waals surface area contributed by atoms with Crippen LogP contribution in [0.5, 0.6) is 0 Å². The summed E-state index contributed by atoms with van der Waals surface area (Å²) in [5.41, 5.74) is 0.914. The maximum absolute atomic E-state index is 13.0. The first kappa shape index (κ1) is 23.7. The molecule has 0 radical (unpaired) electrons. The minimum absolute atomic E-state index is 0.0514. The molecule has 0 saturated carbocycles. The van der Waals surface area contributed by atoms with Gasteiger partial charge >= 0.3 is 12.1 Å². The number of carbonyl (C=O) groups is 1. The third kappa shape index (κ3) is 6.48. The molecular weight excluding hydrogens is 391 g/mol. The van der Waals surface area contributed by atoms with Crippen molar-refractivity contribution in [3.63, 3.8) is 0 Å². The van der Waals surface area contributed by atoms with Crippen molar-refractivity contribution in [2.45, 2.75) is 65.0 Å². The fraction of sp³-hybridized carbons (Fsp3) is 0.500. The number of alkyl halides is 3. The zero-order valence-corrected chi connectivity index (χ0v) is 17.5. The van der Waals surface area contributed by atoms with E-state index >= 15 is 0 Å². The number of nitriles is 1. The Labute approximate surface area is 176 Å². The number of unbranched alkanes of at least 4 members (excludes halogenated alkanes) is 1. The van der Waals surface area contributed by atoms with Crippen LogP contribution in [-0.4, -0.2) is 12.6 Å². The van der Waals surface area contributed by atoms with Crippen LogP contribution in [0.25, 0.3) is 5.57 Å². The van der Waals surface area contributed by atoms with E-state index in [1.54, 1.807) is 12.1 Å². The minimum Gasteiger partial charge on any atom is -0.461 e. The summed E-state index contributed by atoms with van der Waals surface area (Å²) in [5, 5.41) is 9.53. The normalized spacial score (nSPS) is 17.0. The third-order valence-electron chi connectivity index (χ3n) is 5.43. The highest BCUT2D eigenvalue weighted by molar-refractivity contribution is 5.95. The van der Waals surface area contributed by atoms with Crippen LogP contribution in [0.4, 0.5) is 13.2 Å². The van der Waals surface area contributed by atoms with Crippen molar-refractivity contribution in [3.05, 3.63) is 52.6 Å². The largest absolute Gasteiger partial charge is 0.461 e. The SMILES string of the molecule is CCCCC(CC)COC(=O)/C(C#N)=C1/C=C(c2cccc(C(F)(F)F)c2)CCC1.